The van der Waals surface area contributed by atoms with Gasteiger partial charge in [-0.15, -0.1) is 0 Å². The summed E-state index contributed by atoms with van der Waals surface area (Å²) in [7, 11) is 1.25. The smallest absolute Gasteiger partial charge is 0.412 e. The lowest BCUT2D eigenvalue weighted by Gasteiger charge is -2.18. The summed E-state index contributed by atoms with van der Waals surface area (Å²) in [6, 6.07) is 27.7. The van der Waals surface area contributed by atoms with Crippen LogP contribution in [-0.4, -0.2) is 51.4 Å². The van der Waals surface area contributed by atoms with Crippen LogP contribution in [0.1, 0.15) is 32.2 Å². The fourth-order valence-electron chi connectivity index (χ4n) is 5.32. The first-order chi connectivity index (χ1) is 25.2. The highest BCUT2D eigenvalue weighted by molar-refractivity contribution is 6.30. The van der Waals surface area contributed by atoms with Crippen molar-refractivity contribution in [2.45, 2.75) is 25.6 Å². The summed E-state index contributed by atoms with van der Waals surface area (Å²) in [6.07, 6.45) is 0.317. The Morgan fingerprint density at radius 2 is 1.63 bits per heavy atom. The zero-order chi connectivity index (χ0) is 36.6. The third-order valence-electron chi connectivity index (χ3n) is 7.83. The Morgan fingerprint density at radius 1 is 0.904 bits per heavy atom. The van der Waals surface area contributed by atoms with E-state index in [0.717, 1.165) is 21.9 Å². The molecule has 0 spiro atoms. The van der Waals surface area contributed by atoms with Crippen molar-refractivity contribution >= 4 is 52.1 Å². The van der Waals surface area contributed by atoms with Crippen molar-refractivity contribution < 1.29 is 33.1 Å². The van der Waals surface area contributed by atoms with Gasteiger partial charge in [0, 0.05) is 17.0 Å². The lowest BCUT2D eigenvalue weighted by molar-refractivity contribution is -0.122. The molecule has 6 aromatic rings. The fourth-order valence-corrected chi connectivity index (χ4v) is 5.51. The van der Waals surface area contributed by atoms with E-state index in [4.69, 9.17) is 25.5 Å². The van der Waals surface area contributed by atoms with Gasteiger partial charge in [0.1, 0.15) is 36.2 Å². The first-order valence-corrected chi connectivity index (χ1v) is 16.3. The number of hydrogen-bond acceptors (Lipinski definition) is 10. The number of oxazole rings is 1. The standard InChI is InChI=1S/C38H30ClN5O8/c1-50-37(48)26-15-16-31-28(19-26)42-35(52-31)33(46)29(17-23-9-4-2-5-10-23)41-32(45)21-44-34(25-13-8-14-27(39)18-25)40-20-30(36(44)47)43-38(49)51-22-24-11-6-3-7-12-24/h2-16,18-20,29H,17,21-22H2,1H3,(H,41,45)(H,43,49). The maximum Gasteiger partial charge on any atom is 0.412 e. The summed E-state index contributed by atoms with van der Waals surface area (Å²) in [4.78, 5) is 74.9. The number of benzene rings is 4. The number of Topliss-reactive ketones (excluding diaryl/α,β-unsaturated/α-hetero) is 1. The van der Waals surface area contributed by atoms with Gasteiger partial charge in [0.25, 0.3) is 11.4 Å². The second kappa shape index (κ2) is 16.0. The van der Waals surface area contributed by atoms with E-state index in [2.05, 4.69) is 20.6 Å². The van der Waals surface area contributed by atoms with Crippen molar-refractivity contribution in [2.75, 3.05) is 12.4 Å². The monoisotopic (exact) mass is 719 g/mol. The average molecular weight is 720 g/mol. The molecule has 0 saturated heterocycles. The average Bonchev–Trinajstić information content (AvgIpc) is 3.59. The van der Waals surface area contributed by atoms with Crippen LogP contribution in [0.3, 0.4) is 0 Å². The van der Waals surface area contributed by atoms with Crippen molar-refractivity contribution in [3.63, 3.8) is 0 Å². The minimum absolute atomic E-state index is 0.0410. The van der Waals surface area contributed by atoms with Crippen LogP contribution >= 0.6 is 11.6 Å². The van der Waals surface area contributed by atoms with Crippen LogP contribution in [-0.2, 0) is 33.8 Å². The highest BCUT2D eigenvalue weighted by Crippen LogP contribution is 2.22. The van der Waals surface area contributed by atoms with Gasteiger partial charge in [0.05, 0.1) is 18.9 Å². The van der Waals surface area contributed by atoms with E-state index in [-0.39, 0.29) is 47.1 Å². The number of fused-ring (bicyclic) bond motifs is 1. The Kier molecular flexibility index (Phi) is 10.8. The van der Waals surface area contributed by atoms with Crippen LogP contribution in [0.25, 0.3) is 22.5 Å². The minimum Gasteiger partial charge on any atom is -0.465 e. The van der Waals surface area contributed by atoms with Gasteiger partial charge in [-0.2, -0.15) is 0 Å². The highest BCUT2D eigenvalue weighted by Gasteiger charge is 2.28. The first kappa shape index (κ1) is 35.2. The van der Waals surface area contributed by atoms with Gasteiger partial charge in [0.2, 0.25) is 11.7 Å². The fraction of sp³-hybridized carbons (Fsp3) is 0.132. The number of amides is 2. The number of carbonyl (C=O) groups excluding carboxylic acids is 4. The summed E-state index contributed by atoms with van der Waals surface area (Å²) in [5.41, 5.74) is 1.59. The third kappa shape index (κ3) is 8.40. The highest BCUT2D eigenvalue weighted by atomic mass is 35.5. The number of hydrogen-bond donors (Lipinski definition) is 2. The molecule has 4 aromatic carbocycles. The van der Waals surface area contributed by atoms with Crippen molar-refractivity contribution in [3.05, 3.63) is 147 Å². The van der Waals surface area contributed by atoms with Gasteiger partial charge in [0.15, 0.2) is 5.58 Å². The van der Waals surface area contributed by atoms with Crippen molar-refractivity contribution in [1.82, 2.24) is 19.9 Å². The van der Waals surface area contributed by atoms with Gasteiger partial charge in [-0.25, -0.2) is 19.6 Å². The van der Waals surface area contributed by atoms with E-state index in [1.54, 1.807) is 72.8 Å². The van der Waals surface area contributed by atoms with Gasteiger partial charge in [-0.3, -0.25) is 24.3 Å². The zero-order valence-electron chi connectivity index (χ0n) is 27.6. The number of aromatic nitrogens is 3. The zero-order valence-corrected chi connectivity index (χ0v) is 28.3. The number of nitrogens with zero attached hydrogens (tertiary/aromatic N) is 3. The summed E-state index contributed by atoms with van der Waals surface area (Å²) < 4.78 is 16.8. The lowest BCUT2D eigenvalue weighted by Crippen LogP contribution is -2.45. The van der Waals surface area contributed by atoms with Gasteiger partial charge >= 0.3 is 12.1 Å². The van der Waals surface area contributed by atoms with Crippen LogP contribution in [0.5, 0.6) is 0 Å². The molecule has 0 saturated carbocycles. The number of halogens is 1. The van der Waals surface area contributed by atoms with Crippen LogP contribution < -0.4 is 16.2 Å². The molecule has 2 aromatic heterocycles. The molecule has 0 fully saturated rings. The molecular formula is C38H30ClN5O8. The molecule has 14 heteroatoms. The second-order valence-electron chi connectivity index (χ2n) is 11.5. The maximum atomic E-state index is 13.9. The van der Waals surface area contributed by atoms with Crippen LogP contribution in [0.4, 0.5) is 10.5 Å². The molecule has 1 unspecified atom stereocenters. The summed E-state index contributed by atoms with van der Waals surface area (Å²) in [6.45, 7) is -0.641. The Bertz CT molecular complexity index is 2330. The predicted molar refractivity (Wildman–Crippen MR) is 191 cm³/mol. The van der Waals surface area contributed by atoms with Crippen molar-refractivity contribution in [2.24, 2.45) is 0 Å². The number of esters is 1. The number of ketones is 1. The molecule has 52 heavy (non-hydrogen) atoms. The summed E-state index contributed by atoms with van der Waals surface area (Å²) >= 11 is 6.23. The van der Waals surface area contributed by atoms with Crippen LogP contribution in [0.15, 0.2) is 119 Å². The predicted octanol–water partition coefficient (Wildman–Crippen LogP) is 5.85. The second-order valence-corrected chi connectivity index (χ2v) is 11.9. The number of methoxy groups -OCH3 is 1. The lowest BCUT2D eigenvalue weighted by atomic mass is 10.0. The third-order valence-corrected chi connectivity index (χ3v) is 8.07. The summed E-state index contributed by atoms with van der Waals surface area (Å²) in [5.74, 6) is -2.18. The Balaban J connectivity index is 1.28. The molecule has 2 heterocycles. The van der Waals surface area contributed by atoms with E-state index < -0.39 is 41.9 Å². The molecule has 13 nitrogen and oxygen atoms in total. The van der Waals surface area contributed by atoms with Crippen molar-refractivity contribution in [3.8, 4) is 11.4 Å². The number of ether oxygens (including phenoxy) is 2. The number of rotatable bonds is 12. The van der Waals surface area contributed by atoms with E-state index in [1.165, 1.54) is 25.3 Å². The topological polar surface area (TPSA) is 172 Å². The molecule has 6 rings (SSSR count). The van der Waals surface area contributed by atoms with E-state index in [1.807, 2.05) is 12.1 Å². The molecule has 262 valence electrons. The van der Waals surface area contributed by atoms with Gasteiger partial charge in [-0.05, 0) is 41.5 Å². The SMILES string of the molecule is COC(=O)c1ccc2oc(C(=O)C(Cc3ccccc3)NC(=O)Cn3c(-c4cccc(Cl)c4)ncc(NC(=O)OCc4ccccc4)c3=O)nc2c1. The van der Waals surface area contributed by atoms with Gasteiger partial charge < -0.3 is 19.2 Å². The van der Waals surface area contributed by atoms with E-state index in [9.17, 15) is 24.0 Å². The Hall–Kier alpha value is -6.60. The number of nitrogens with one attached hydrogen (secondary N) is 2. The van der Waals surface area contributed by atoms with E-state index >= 15 is 0 Å². The Labute approximate surface area is 301 Å². The normalized spacial score (nSPS) is 11.4. The molecule has 0 aliphatic heterocycles. The number of anilines is 1. The summed E-state index contributed by atoms with van der Waals surface area (Å²) in [5, 5.41) is 5.49. The molecule has 0 bridgehead atoms. The molecule has 0 radical (unpaired) electrons. The molecule has 2 amide bonds. The van der Waals surface area contributed by atoms with E-state index in [0.29, 0.717) is 10.6 Å². The number of carbonyl (C=O) groups is 4. The van der Waals surface area contributed by atoms with Crippen LogP contribution in [0, 0.1) is 0 Å². The molecule has 1 atom stereocenters. The largest absolute Gasteiger partial charge is 0.465 e. The molecule has 0 aliphatic carbocycles. The van der Waals surface area contributed by atoms with Gasteiger partial charge in [-0.1, -0.05) is 84.4 Å². The van der Waals surface area contributed by atoms with Crippen molar-refractivity contribution in [1.29, 1.82) is 0 Å². The molecule has 0 aliphatic rings. The van der Waals surface area contributed by atoms with Crippen LogP contribution in [0.2, 0.25) is 5.02 Å². The first-order valence-electron chi connectivity index (χ1n) is 15.9. The molecule has 2 N–H and O–H groups in total. The molecular weight excluding hydrogens is 690 g/mol. The quantitative estimate of drug-likeness (QED) is 0.115. The Morgan fingerprint density at radius 3 is 2.35 bits per heavy atom. The maximum absolute atomic E-state index is 13.9. The minimum atomic E-state index is -1.18.